The van der Waals surface area contributed by atoms with Crippen LogP contribution in [0.3, 0.4) is 0 Å². The Hall–Kier alpha value is -0.730. The lowest BCUT2D eigenvalue weighted by molar-refractivity contribution is 0.252. The molecule has 1 aliphatic rings. The van der Waals surface area contributed by atoms with Crippen molar-refractivity contribution in [2.24, 2.45) is 5.92 Å². The summed E-state index contributed by atoms with van der Waals surface area (Å²) in [7, 11) is 0. The Bertz CT molecular complexity index is 362. The van der Waals surface area contributed by atoms with E-state index in [4.69, 9.17) is 4.74 Å². The van der Waals surface area contributed by atoms with Crippen LogP contribution in [-0.4, -0.2) is 19.7 Å². The summed E-state index contributed by atoms with van der Waals surface area (Å²) in [5.41, 5.74) is 1.32. The number of benzene rings is 1. The molecular weight excluding hydrogens is 258 g/mol. The minimum absolute atomic E-state index is 0. The van der Waals surface area contributed by atoms with Gasteiger partial charge < -0.3 is 10.1 Å². The van der Waals surface area contributed by atoms with Gasteiger partial charge in [0.25, 0.3) is 0 Å². The van der Waals surface area contributed by atoms with Crippen molar-refractivity contribution < 1.29 is 4.74 Å². The first-order valence-electron chi connectivity index (χ1n) is 7.20. The number of ether oxygens (including phenoxy) is 1. The number of rotatable bonds is 5. The summed E-state index contributed by atoms with van der Waals surface area (Å²) in [6.45, 7) is 7.62. The van der Waals surface area contributed by atoms with E-state index in [1.165, 1.54) is 31.4 Å². The van der Waals surface area contributed by atoms with Gasteiger partial charge in [0.2, 0.25) is 0 Å². The Morgan fingerprint density at radius 2 is 2.11 bits per heavy atom. The Kier molecular flexibility index (Phi) is 7.25. The largest absolute Gasteiger partial charge is 0.493 e. The first-order valence-corrected chi connectivity index (χ1v) is 7.20. The van der Waals surface area contributed by atoms with Crippen molar-refractivity contribution in [1.82, 2.24) is 5.32 Å². The molecule has 2 nitrogen and oxygen atoms in total. The monoisotopic (exact) mass is 283 g/mol. The zero-order chi connectivity index (χ0) is 12.8. The molecule has 0 saturated carbocycles. The highest BCUT2D eigenvalue weighted by Gasteiger charge is 2.13. The molecule has 1 aliphatic heterocycles. The Morgan fingerprint density at radius 3 is 2.79 bits per heavy atom. The zero-order valence-electron chi connectivity index (χ0n) is 12.0. The van der Waals surface area contributed by atoms with Crippen LogP contribution >= 0.6 is 12.4 Å². The third-order valence-electron chi connectivity index (χ3n) is 3.72. The summed E-state index contributed by atoms with van der Waals surface area (Å²) in [6, 6.07) is 8.41. The number of nitrogens with one attached hydrogen (secondary N) is 1. The second-order valence-corrected chi connectivity index (χ2v) is 5.54. The summed E-state index contributed by atoms with van der Waals surface area (Å²) in [5, 5.41) is 3.46. The molecule has 2 rings (SSSR count). The van der Waals surface area contributed by atoms with E-state index in [-0.39, 0.29) is 12.4 Å². The van der Waals surface area contributed by atoms with E-state index in [1.54, 1.807) is 0 Å². The van der Waals surface area contributed by atoms with Crippen LogP contribution in [0.2, 0.25) is 0 Å². The molecule has 1 aromatic rings. The van der Waals surface area contributed by atoms with Crippen LogP contribution in [0.15, 0.2) is 24.3 Å². The van der Waals surface area contributed by atoms with E-state index < -0.39 is 0 Å². The van der Waals surface area contributed by atoms with Crippen LogP contribution in [0.25, 0.3) is 0 Å². The van der Waals surface area contributed by atoms with Crippen LogP contribution in [0.5, 0.6) is 5.75 Å². The van der Waals surface area contributed by atoms with E-state index in [0.29, 0.717) is 5.92 Å². The van der Waals surface area contributed by atoms with Crippen LogP contribution < -0.4 is 10.1 Å². The molecule has 1 unspecified atom stereocenters. The highest BCUT2D eigenvalue weighted by atomic mass is 35.5. The average molecular weight is 284 g/mol. The van der Waals surface area contributed by atoms with Gasteiger partial charge in [0.05, 0.1) is 6.61 Å². The van der Waals surface area contributed by atoms with Gasteiger partial charge >= 0.3 is 0 Å². The molecule has 0 radical (unpaired) electrons. The van der Waals surface area contributed by atoms with Gasteiger partial charge in [-0.05, 0) is 55.8 Å². The van der Waals surface area contributed by atoms with Crippen molar-refractivity contribution in [3.8, 4) is 5.75 Å². The number of hydrogen-bond acceptors (Lipinski definition) is 2. The lowest BCUT2D eigenvalue weighted by Crippen LogP contribution is -2.30. The molecule has 19 heavy (non-hydrogen) atoms. The molecule has 1 aromatic carbocycles. The first-order chi connectivity index (χ1) is 8.77. The standard InChI is InChI=1S/C16H25NO.ClH/c1-13(2)15-7-3-4-8-16(15)18-11-9-14-6-5-10-17-12-14;/h3-4,7-8,13-14,17H,5-6,9-12H2,1-2H3;1H. The Balaban J connectivity index is 0.00000180. The third kappa shape index (κ3) is 5.04. The maximum Gasteiger partial charge on any atom is 0.122 e. The zero-order valence-corrected chi connectivity index (χ0v) is 12.8. The molecule has 1 N–H and O–H groups in total. The molecule has 0 aliphatic carbocycles. The molecule has 0 spiro atoms. The van der Waals surface area contributed by atoms with Gasteiger partial charge in [0, 0.05) is 0 Å². The van der Waals surface area contributed by atoms with Crippen LogP contribution in [0, 0.1) is 5.92 Å². The molecular formula is C16H26ClNO. The van der Waals surface area contributed by atoms with Crippen molar-refractivity contribution >= 4 is 12.4 Å². The molecule has 0 aromatic heterocycles. The van der Waals surface area contributed by atoms with Crippen LogP contribution in [0.4, 0.5) is 0 Å². The Morgan fingerprint density at radius 1 is 1.32 bits per heavy atom. The predicted octanol–water partition coefficient (Wildman–Crippen LogP) is 4.00. The molecule has 1 saturated heterocycles. The lowest BCUT2D eigenvalue weighted by Gasteiger charge is -2.23. The van der Waals surface area contributed by atoms with Crippen molar-refractivity contribution in [3.63, 3.8) is 0 Å². The fraction of sp³-hybridized carbons (Fsp3) is 0.625. The molecule has 0 amide bonds. The minimum Gasteiger partial charge on any atom is -0.493 e. The normalized spacial score (nSPS) is 19.0. The maximum atomic E-state index is 5.97. The summed E-state index contributed by atoms with van der Waals surface area (Å²) < 4.78 is 5.97. The fourth-order valence-electron chi connectivity index (χ4n) is 2.59. The smallest absolute Gasteiger partial charge is 0.122 e. The van der Waals surface area contributed by atoms with Crippen LogP contribution in [0.1, 0.15) is 44.6 Å². The van der Waals surface area contributed by atoms with Gasteiger partial charge in [-0.15, -0.1) is 12.4 Å². The summed E-state index contributed by atoms with van der Waals surface area (Å²) >= 11 is 0. The molecule has 1 heterocycles. The molecule has 1 atom stereocenters. The Labute approximate surface area is 123 Å². The second-order valence-electron chi connectivity index (χ2n) is 5.54. The summed E-state index contributed by atoms with van der Waals surface area (Å²) in [5.74, 6) is 2.39. The lowest BCUT2D eigenvalue weighted by atomic mass is 9.97. The van der Waals surface area contributed by atoms with Gasteiger partial charge in [-0.2, -0.15) is 0 Å². The molecule has 108 valence electrons. The van der Waals surface area contributed by atoms with Crippen molar-refractivity contribution in [1.29, 1.82) is 0 Å². The van der Waals surface area contributed by atoms with Gasteiger partial charge in [-0.1, -0.05) is 32.0 Å². The van der Waals surface area contributed by atoms with Crippen molar-refractivity contribution in [2.45, 2.75) is 39.0 Å². The van der Waals surface area contributed by atoms with Gasteiger partial charge in [-0.25, -0.2) is 0 Å². The number of hydrogen-bond donors (Lipinski definition) is 1. The molecule has 0 bridgehead atoms. The highest BCUT2D eigenvalue weighted by Crippen LogP contribution is 2.26. The predicted molar refractivity (Wildman–Crippen MR) is 83.5 cm³/mol. The van der Waals surface area contributed by atoms with E-state index in [9.17, 15) is 0 Å². The fourth-order valence-corrected chi connectivity index (χ4v) is 2.59. The van der Waals surface area contributed by atoms with Gasteiger partial charge in [0.1, 0.15) is 5.75 Å². The van der Waals surface area contributed by atoms with Crippen LogP contribution in [-0.2, 0) is 0 Å². The average Bonchev–Trinajstić information content (AvgIpc) is 2.40. The maximum absolute atomic E-state index is 5.97. The minimum atomic E-state index is 0. The van der Waals surface area contributed by atoms with E-state index in [2.05, 4.69) is 43.4 Å². The molecule has 3 heteroatoms. The third-order valence-corrected chi connectivity index (χ3v) is 3.72. The number of piperidine rings is 1. The highest BCUT2D eigenvalue weighted by molar-refractivity contribution is 5.85. The van der Waals surface area contributed by atoms with Gasteiger partial charge in [0.15, 0.2) is 0 Å². The van der Waals surface area contributed by atoms with Gasteiger partial charge in [-0.3, -0.25) is 0 Å². The van der Waals surface area contributed by atoms with E-state index in [0.717, 1.165) is 24.8 Å². The topological polar surface area (TPSA) is 21.3 Å². The van der Waals surface area contributed by atoms with Crippen molar-refractivity contribution in [2.75, 3.05) is 19.7 Å². The van der Waals surface area contributed by atoms with E-state index >= 15 is 0 Å². The first kappa shape index (κ1) is 16.3. The van der Waals surface area contributed by atoms with E-state index in [1.807, 2.05) is 0 Å². The summed E-state index contributed by atoms with van der Waals surface area (Å²) in [4.78, 5) is 0. The quantitative estimate of drug-likeness (QED) is 0.882. The summed E-state index contributed by atoms with van der Waals surface area (Å²) in [6.07, 6.45) is 3.83. The number of para-hydroxylation sites is 1. The number of halogens is 1. The second kappa shape index (κ2) is 8.44. The van der Waals surface area contributed by atoms with Crippen molar-refractivity contribution in [3.05, 3.63) is 29.8 Å². The molecule has 1 fully saturated rings. The SMILES string of the molecule is CC(C)c1ccccc1OCCC1CCCNC1.Cl.